The van der Waals surface area contributed by atoms with Gasteiger partial charge in [0.25, 0.3) is 5.91 Å². The molecule has 34 heavy (non-hydrogen) atoms. The monoisotopic (exact) mass is 502 g/mol. The normalized spacial score (nSPS) is 12.1. The quantitative estimate of drug-likeness (QED) is 0.386. The zero-order valence-corrected chi connectivity index (χ0v) is 22.2. The fourth-order valence-corrected chi connectivity index (χ4v) is 6.27. The average Bonchev–Trinajstić information content (AvgIpc) is 3.24. The van der Waals surface area contributed by atoms with Gasteiger partial charge in [0.05, 0.1) is 15.1 Å². The lowest BCUT2D eigenvalue weighted by Crippen LogP contribution is -2.33. The molecule has 0 saturated carbocycles. The first-order chi connectivity index (χ1) is 16.2. The van der Waals surface area contributed by atoms with E-state index in [2.05, 4.69) is 24.0 Å². The van der Waals surface area contributed by atoms with E-state index in [1.807, 2.05) is 34.0 Å². The van der Waals surface area contributed by atoms with Crippen LogP contribution in [0.25, 0.3) is 10.2 Å². The highest BCUT2D eigenvalue weighted by Gasteiger charge is 2.24. The SMILES string of the molecule is CCc1ccc2nc(N(CCCN(C)C)C(=O)c3ccc(S(=O)(=O)N(CC)CC)cc3)sc2c1. The van der Waals surface area contributed by atoms with Gasteiger partial charge in [-0.25, -0.2) is 13.4 Å². The Morgan fingerprint density at radius 3 is 2.24 bits per heavy atom. The molecule has 0 spiro atoms. The van der Waals surface area contributed by atoms with Gasteiger partial charge < -0.3 is 4.90 Å². The van der Waals surface area contributed by atoms with Crippen LogP contribution < -0.4 is 4.90 Å². The first kappa shape index (κ1) is 26.3. The number of benzene rings is 2. The highest BCUT2D eigenvalue weighted by atomic mass is 32.2. The summed E-state index contributed by atoms with van der Waals surface area (Å²) in [6.45, 7) is 7.90. The third kappa shape index (κ3) is 5.83. The van der Waals surface area contributed by atoms with Crippen LogP contribution in [0.3, 0.4) is 0 Å². The van der Waals surface area contributed by atoms with E-state index in [0.717, 1.165) is 29.6 Å². The molecule has 0 N–H and O–H groups in total. The van der Waals surface area contributed by atoms with Crippen molar-refractivity contribution in [1.29, 1.82) is 0 Å². The number of carbonyl (C=O) groups excluding carboxylic acids is 1. The average molecular weight is 503 g/mol. The van der Waals surface area contributed by atoms with E-state index in [1.165, 1.54) is 33.3 Å². The van der Waals surface area contributed by atoms with Gasteiger partial charge in [-0.2, -0.15) is 4.31 Å². The number of aryl methyl sites for hydroxylation is 1. The summed E-state index contributed by atoms with van der Waals surface area (Å²) in [5, 5.41) is 0.659. The Morgan fingerprint density at radius 2 is 1.65 bits per heavy atom. The molecule has 2 aromatic carbocycles. The summed E-state index contributed by atoms with van der Waals surface area (Å²) in [7, 11) is 0.439. The van der Waals surface area contributed by atoms with Gasteiger partial charge in [-0.05, 0) is 75.4 Å². The van der Waals surface area contributed by atoms with Gasteiger partial charge in [0.1, 0.15) is 0 Å². The molecular formula is C25H34N4O3S2. The molecule has 0 saturated heterocycles. The molecule has 0 fully saturated rings. The summed E-state index contributed by atoms with van der Waals surface area (Å²) in [5.41, 5.74) is 2.55. The van der Waals surface area contributed by atoms with Crippen molar-refractivity contribution in [3.8, 4) is 0 Å². The minimum absolute atomic E-state index is 0.180. The second-order valence-corrected chi connectivity index (χ2v) is 11.3. The molecule has 0 aliphatic heterocycles. The standard InChI is InChI=1S/C25H34N4O3S2/c1-6-19-10-15-22-23(18-19)33-25(26-22)29(17-9-16-27(4)5)24(30)20-11-13-21(14-12-20)34(31,32)28(7-2)8-3/h10-15,18H,6-9,16-17H2,1-5H3. The fraction of sp³-hybridized carbons (Fsp3) is 0.440. The Morgan fingerprint density at radius 1 is 0.971 bits per heavy atom. The smallest absolute Gasteiger partial charge is 0.260 e. The van der Waals surface area contributed by atoms with Gasteiger partial charge in [-0.3, -0.25) is 9.69 Å². The van der Waals surface area contributed by atoms with Crippen molar-refractivity contribution < 1.29 is 13.2 Å². The van der Waals surface area contributed by atoms with Crippen molar-refractivity contribution in [2.45, 2.75) is 38.5 Å². The number of nitrogens with zero attached hydrogens (tertiary/aromatic N) is 4. The van der Waals surface area contributed by atoms with E-state index in [4.69, 9.17) is 4.98 Å². The van der Waals surface area contributed by atoms with Crippen LogP contribution in [0.5, 0.6) is 0 Å². The minimum Gasteiger partial charge on any atom is -0.309 e. The number of fused-ring (bicyclic) bond motifs is 1. The van der Waals surface area contributed by atoms with Crippen molar-refractivity contribution in [1.82, 2.24) is 14.2 Å². The van der Waals surface area contributed by atoms with Crippen LogP contribution in [-0.2, 0) is 16.4 Å². The summed E-state index contributed by atoms with van der Waals surface area (Å²) in [4.78, 5) is 22.3. The first-order valence-electron chi connectivity index (χ1n) is 11.7. The molecule has 1 aromatic heterocycles. The van der Waals surface area contributed by atoms with Crippen molar-refractivity contribution in [3.05, 3.63) is 53.6 Å². The number of rotatable bonds is 11. The molecule has 0 aliphatic carbocycles. The molecule has 0 aliphatic rings. The zero-order valence-electron chi connectivity index (χ0n) is 20.6. The molecular weight excluding hydrogens is 468 g/mol. The molecule has 0 atom stereocenters. The van der Waals surface area contributed by atoms with E-state index in [9.17, 15) is 13.2 Å². The molecule has 0 radical (unpaired) electrons. The molecule has 1 heterocycles. The lowest BCUT2D eigenvalue weighted by Gasteiger charge is -2.22. The number of carbonyl (C=O) groups is 1. The maximum atomic E-state index is 13.5. The molecule has 3 aromatic rings. The van der Waals surface area contributed by atoms with Crippen LogP contribution in [0.1, 0.15) is 43.1 Å². The maximum absolute atomic E-state index is 13.5. The molecule has 0 unspecified atom stereocenters. The van der Waals surface area contributed by atoms with Crippen LogP contribution in [0, 0.1) is 0 Å². The Hall–Kier alpha value is -2.33. The van der Waals surface area contributed by atoms with Crippen LogP contribution in [0.2, 0.25) is 0 Å². The Bertz CT molecular complexity index is 1220. The molecule has 3 rings (SSSR count). The lowest BCUT2D eigenvalue weighted by molar-refractivity contribution is 0.0986. The Labute approximate surface area is 207 Å². The van der Waals surface area contributed by atoms with Gasteiger partial charge >= 0.3 is 0 Å². The van der Waals surface area contributed by atoms with Crippen LogP contribution in [0.4, 0.5) is 5.13 Å². The minimum atomic E-state index is -3.57. The number of amides is 1. The fourth-order valence-electron chi connectivity index (χ4n) is 3.76. The highest BCUT2D eigenvalue weighted by Crippen LogP contribution is 2.31. The molecule has 184 valence electrons. The van der Waals surface area contributed by atoms with Crippen LogP contribution >= 0.6 is 11.3 Å². The second-order valence-electron chi connectivity index (χ2n) is 8.38. The number of hydrogen-bond donors (Lipinski definition) is 0. The molecule has 7 nitrogen and oxygen atoms in total. The predicted octanol–water partition coefficient (Wildman–Crippen LogP) is 4.49. The Balaban J connectivity index is 1.92. The Kier molecular flexibility index (Phi) is 8.81. The van der Waals surface area contributed by atoms with Gasteiger partial charge in [0, 0.05) is 25.2 Å². The van der Waals surface area contributed by atoms with Crippen molar-refractivity contribution in [2.75, 3.05) is 45.2 Å². The van der Waals surface area contributed by atoms with E-state index >= 15 is 0 Å². The third-order valence-corrected chi connectivity index (χ3v) is 8.86. The topological polar surface area (TPSA) is 73.8 Å². The first-order valence-corrected chi connectivity index (χ1v) is 13.9. The lowest BCUT2D eigenvalue weighted by atomic mass is 10.2. The van der Waals surface area contributed by atoms with E-state index < -0.39 is 10.0 Å². The van der Waals surface area contributed by atoms with Crippen LogP contribution in [-0.4, -0.2) is 68.8 Å². The molecule has 1 amide bonds. The molecule has 0 bridgehead atoms. The number of hydrogen-bond acceptors (Lipinski definition) is 6. The van der Waals surface area contributed by atoms with E-state index in [0.29, 0.717) is 30.3 Å². The van der Waals surface area contributed by atoms with Crippen molar-refractivity contribution >= 4 is 42.6 Å². The number of aromatic nitrogens is 1. The highest BCUT2D eigenvalue weighted by molar-refractivity contribution is 7.89. The largest absolute Gasteiger partial charge is 0.309 e. The maximum Gasteiger partial charge on any atom is 0.260 e. The summed E-state index contributed by atoms with van der Waals surface area (Å²) in [5.74, 6) is -0.180. The second kappa shape index (κ2) is 11.4. The van der Waals surface area contributed by atoms with Gasteiger partial charge in [0.15, 0.2) is 5.13 Å². The summed E-state index contributed by atoms with van der Waals surface area (Å²) >= 11 is 1.51. The van der Waals surface area contributed by atoms with Gasteiger partial charge in [0.2, 0.25) is 10.0 Å². The third-order valence-electron chi connectivity index (χ3n) is 5.76. The number of thiazole rings is 1. The number of sulfonamides is 1. The van der Waals surface area contributed by atoms with Gasteiger partial charge in [-0.1, -0.05) is 38.2 Å². The summed E-state index contributed by atoms with van der Waals surface area (Å²) in [6.07, 6.45) is 1.74. The van der Waals surface area contributed by atoms with Crippen molar-refractivity contribution in [2.24, 2.45) is 0 Å². The summed E-state index contributed by atoms with van der Waals surface area (Å²) in [6, 6.07) is 12.4. The van der Waals surface area contributed by atoms with Crippen LogP contribution in [0.15, 0.2) is 47.4 Å². The summed E-state index contributed by atoms with van der Waals surface area (Å²) < 4.78 is 28.1. The molecule has 9 heteroatoms. The van der Waals surface area contributed by atoms with E-state index in [1.54, 1.807) is 17.0 Å². The van der Waals surface area contributed by atoms with Gasteiger partial charge in [-0.15, -0.1) is 0 Å². The number of anilines is 1. The van der Waals surface area contributed by atoms with Crippen molar-refractivity contribution in [3.63, 3.8) is 0 Å². The van der Waals surface area contributed by atoms with E-state index in [-0.39, 0.29) is 10.8 Å². The predicted molar refractivity (Wildman–Crippen MR) is 140 cm³/mol. The zero-order chi connectivity index (χ0) is 24.9.